The number of benzene rings is 3. The Balaban J connectivity index is 1.29. The normalized spacial score (nSPS) is 33.0. The molecule has 21 heteroatoms. The summed E-state index contributed by atoms with van der Waals surface area (Å²) in [6.45, 7) is 16.1. The summed E-state index contributed by atoms with van der Waals surface area (Å²) < 4.78 is 46.0. The highest BCUT2D eigenvalue weighted by atomic mass is 35.5. The highest BCUT2D eigenvalue weighted by Gasteiger charge is 2.51. The van der Waals surface area contributed by atoms with Gasteiger partial charge in [0.2, 0.25) is 29.5 Å². The van der Waals surface area contributed by atoms with E-state index in [0.717, 1.165) is 0 Å². The number of anilines is 1. The van der Waals surface area contributed by atoms with E-state index in [2.05, 4.69) is 21.3 Å². The molecule has 3 fully saturated rings. The average Bonchev–Trinajstić information content (AvgIpc) is 3.27. The van der Waals surface area contributed by atoms with E-state index < -0.39 is 120 Å². The van der Waals surface area contributed by atoms with Gasteiger partial charge in [-0.25, -0.2) is 4.39 Å². The zero-order chi connectivity index (χ0) is 61.2. The number of rotatable bonds is 16. The molecule has 17 atom stereocenters. The number of aliphatic hydroxyl groups excluding tert-OH is 2. The number of methoxy groups -OCH3 is 1. The quantitative estimate of drug-likeness (QED) is 0.0929. The molecule has 3 aliphatic rings. The van der Waals surface area contributed by atoms with E-state index in [9.17, 15) is 43.7 Å². The van der Waals surface area contributed by atoms with E-state index in [1.54, 1.807) is 115 Å². The van der Waals surface area contributed by atoms with Crippen molar-refractivity contribution in [2.45, 2.75) is 192 Å². The van der Waals surface area contributed by atoms with Crippen LogP contribution in [0.25, 0.3) is 0 Å². The van der Waals surface area contributed by atoms with Gasteiger partial charge in [0.25, 0.3) is 0 Å². The van der Waals surface area contributed by atoms with Crippen LogP contribution in [0.15, 0.2) is 72.8 Å². The smallest absolute Gasteiger partial charge is 0.247 e. The van der Waals surface area contributed by atoms with E-state index in [-0.39, 0.29) is 69.0 Å². The number of carbonyl (C=O) groups excluding carboxylic acids is 5. The molecule has 460 valence electrons. The van der Waals surface area contributed by atoms with E-state index in [1.807, 2.05) is 32.8 Å². The second-order valence-corrected chi connectivity index (χ2v) is 24.9. The number of amides is 5. The van der Waals surface area contributed by atoms with Crippen LogP contribution in [0.2, 0.25) is 5.02 Å². The summed E-state index contributed by atoms with van der Waals surface area (Å²) in [5.41, 5.74) is -0.663. The van der Waals surface area contributed by atoms with E-state index >= 15 is 0 Å². The molecule has 0 radical (unpaired) electrons. The third-order valence-electron chi connectivity index (χ3n) is 16.6. The standard InChI is InChI=1S/C62H90ClFN6O13/c1-34(2)52-59(77)66-45(27-40-21-23-44(24-22-40)65-58(76)47(29-42-18-14-15-20-46(42)63)67-49(71)28-41-17-16-19-43(64)26-41)30-50(72)70(12)33-35(3)31-61(8,78)56(83-60-53(73)48(69(10)11)25-36(4)80-60)37(5)54(38(6)57(75)68-52)82-51-32-62(9,79-13)55(74)39(7)81-51/h14-24,26,34-39,45,47-48,51-56,60,73-74,78H,25,27-33H2,1-13H3,(H,65,76)(H,66,77)(H,67,71)(H,68,75)/t35-,36-,37+,38-,39+,45-,47+,48+,51+,52+,53-,54+,55+,56-,60+,61-,62-/m1/s1. The molecule has 5 amide bonds. The minimum absolute atomic E-state index is 0.0619. The lowest BCUT2D eigenvalue weighted by Crippen LogP contribution is -2.61. The second kappa shape index (κ2) is 29.3. The molecule has 83 heavy (non-hydrogen) atoms. The number of nitrogens with one attached hydrogen (secondary N) is 4. The van der Waals surface area contributed by atoms with Crippen LogP contribution in [0, 0.1) is 29.5 Å². The fraction of sp³-hybridized carbons (Fsp3) is 0.629. The molecule has 0 unspecified atom stereocenters. The second-order valence-electron chi connectivity index (χ2n) is 24.5. The zero-order valence-corrected chi connectivity index (χ0v) is 51.2. The molecule has 0 aliphatic carbocycles. The summed E-state index contributed by atoms with van der Waals surface area (Å²) in [5.74, 6) is -5.65. The van der Waals surface area contributed by atoms with Crippen LogP contribution in [0.1, 0.15) is 105 Å². The number of likely N-dealkylation sites (N-methyl/N-ethyl adjacent to an activating group) is 1. The predicted octanol–water partition coefficient (Wildman–Crippen LogP) is 5.56. The molecule has 3 aliphatic heterocycles. The van der Waals surface area contributed by atoms with Crippen molar-refractivity contribution in [2.75, 3.05) is 40.1 Å². The van der Waals surface area contributed by atoms with Gasteiger partial charge in [-0.15, -0.1) is 0 Å². The Bertz CT molecular complexity index is 2670. The number of nitrogens with zero attached hydrogens (tertiary/aromatic N) is 2. The Labute approximate surface area is 494 Å². The average molecular weight is 1180 g/mol. The van der Waals surface area contributed by atoms with Gasteiger partial charge in [-0.2, -0.15) is 0 Å². The lowest BCUT2D eigenvalue weighted by atomic mass is 9.77. The third kappa shape index (κ3) is 18.0. The molecule has 6 rings (SSSR count). The first-order chi connectivity index (χ1) is 39.0. The molecule has 0 bridgehead atoms. The summed E-state index contributed by atoms with van der Waals surface area (Å²) in [6.07, 6.45) is -7.17. The number of hydrogen-bond acceptors (Lipinski definition) is 14. The van der Waals surface area contributed by atoms with Gasteiger partial charge in [0.05, 0.1) is 48.0 Å². The van der Waals surface area contributed by atoms with Gasteiger partial charge in [0.15, 0.2) is 12.6 Å². The summed E-state index contributed by atoms with van der Waals surface area (Å²) in [4.78, 5) is 74.7. The highest BCUT2D eigenvalue weighted by molar-refractivity contribution is 6.31. The zero-order valence-electron chi connectivity index (χ0n) is 50.4. The first-order valence-electron chi connectivity index (χ1n) is 28.9. The Morgan fingerprint density at radius 1 is 0.916 bits per heavy atom. The lowest BCUT2D eigenvalue weighted by molar-refractivity contribution is -0.317. The fourth-order valence-corrected chi connectivity index (χ4v) is 12.2. The van der Waals surface area contributed by atoms with Crippen molar-refractivity contribution in [1.29, 1.82) is 0 Å². The first kappa shape index (κ1) is 67.0. The minimum Gasteiger partial charge on any atom is -0.387 e. The van der Waals surface area contributed by atoms with E-state index in [0.29, 0.717) is 33.8 Å². The van der Waals surface area contributed by atoms with Crippen molar-refractivity contribution in [3.8, 4) is 0 Å². The summed E-state index contributed by atoms with van der Waals surface area (Å²) in [7, 11) is 6.86. The molecule has 3 aromatic rings. The molecule has 3 heterocycles. The SMILES string of the molecule is CO[C@]1(C)C[C@H](O[C@H]2[C@H](C)[C@@H](O[C@@H]3O[C@H](C)C[C@H](N(C)C)[C@H]3O)[C@](C)(O)C[C@@H](C)CN(C)C(=O)C[C@@H](Cc3ccc(NC(=O)[C@H](Cc4ccccc4Cl)NC(=O)Cc4cccc(F)c4)cc3)NC(=O)[C@H](C(C)C)NC(=O)[C@@H]2C)O[C@@H](C)[C@@H]1O. The molecular formula is C62H90ClFN6O13. The predicted molar refractivity (Wildman–Crippen MR) is 312 cm³/mol. The van der Waals surface area contributed by atoms with Gasteiger partial charge in [0.1, 0.15) is 30.1 Å². The maximum atomic E-state index is 14.9. The van der Waals surface area contributed by atoms with Gasteiger partial charge in [0, 0.05) is 68.7 Å². The van der Waals surface area contributed by atoms with Crippen LogP contribution < -0.4 is 21.3 Å². The largest absolute Gasteiger partial charge is 0.387 e. The minimum atomic E-state index is -1.72. The van der Waals surface area contributed by atoms with Crippen molar-refractivity contribution in [2.24, 2.45) is 23.7 Å². The Morgan fingerprint density at radius 2 is 1.60 bits per heavy atom. The van der Waals surface area contributed by atoms with Crippen LogP contribution in [-0.4, -0.2) is 174 Å². The molecule has 19 nitrogen and oxygen atoms in total. The van der Waals surface area contributed by atoms with E-state index in [1.165, 1.54) is 25.3 Å². The molecule has 0 aromatic heterocycles. The van der Waals surface area contributed by atoms with Gasteiger partial charge in [-0.3, -0.25) is 24.0 Å². The Kier molecular flexibility index (Phi) is 23.7. The van der Waals surface area contributed by atoms with Gasteiger partial charge in [-0.1, -0.05) is 88.7 Å². The first-order valence-corrected chi connectivity index (χ1v) is 29.3. The maximum Gasteiger partial charge on any atom is 0.247 e. The maximum absolute atomic E-state index is 14.9. The number of halogens is 2. The van der Waals surface area contributed by atoms with Gasteiger partial charge >= 0.3 is 0 Å². The lowest BCUT2D eigenvalue weighted by Gasteiger charge is -2.49. The molecule has 0 saturated carbocycles. The topological polar surface area (TPSA) is 247 Å². The Morgan fingerprint density at radius 3 is 2.24 bits per heavy atom. The summed E-state index contributed by atoms with van der Waals surface area (Å²) in [5, 5.41) is 48.0. The molecular weight excluding hydrogens is 1090 g/mol. The molecule has 3 saturated heterocycles. The number of hydrogen-bond donors (Lipinski definition) is 7. The van der Waals surface area contributed by atoms with Crippen molar-refractivity contribution < 1.29 is 67.4 Å². The highest BCUT2D eigenvalue weighted by Crippen LogP contribution is 2.39. The number of aliphatic hydroxyl groups is 3. The van der Waals surface area contributed by atoms with Crippen molar-refractivity contribution in [1.82, 2.24) is 25.8 Å². The van der Waals surface area contributed by atoms with Crippen LogP contribution in [0.5, 0.6) is 0 Å². The molecule has 7 N–H and O–H groups in total. The van der Waals surface area contributed by atoms with Crippen molar-refractivity contribution >= 4 is 46.8 Å². The molecule has 3 aromatic carbocycles. The van der Waals surface area contributed by atoms with Crippen LogP contribution in [0.4, 0.5) is 10.1 Å². The number of carbonyl (C=O) groups is 5. The van der Waals surface area contributed by atoms with Gasteiger partial charge in [-0.05, 0) is 120 Å². The molecule has 0 spiro atoms. The number of ether oxygens (including phenoxy) is 5. The summed E-state index contributed by atoms with van der Waals surface area (Å²) in [6, 6.07) is 16.2. The monoisotopic (exact) mass is 1180 g/mol. The van der Waals surface area contributed by atoms with Crippen molar-refractivity contribution in [3.05, 3.63) is 100 Å². The summed E-state index contributed by atoms with van der Waals surface area (Å²) >= 11 is 6.49. The van der Waals surface area contributed by atoms with Crippen LogP contribution >= 0.6 is 11.6 Å². The van der Waals surface area contributed by atoms with Crippen LogP contribution in [-0.2, 0) is 66.9 Å². The van der Waals surface area contributed by atoms with Gasteiger partial charge < -0.3 is 70.1 Å². The van der Waals surface area contributed by atoms with Crippen LogP contribution in [0.3, 0.4) is 0 Å². The van der Waals surface area contributed by atoms with Crippen molar-refractivity contribution in [3.63, 3.8) is 0 Å². The van der Waals surface area contributed by atoms with E-state index in [4.69, 9.17) is 35.3 Å². The Hall–Kier alpha value is -5.13. The third-order valence-corrected chi connectivity index (χ3v) is 17.0. The fourth-order valence-electron chi connectivity index (χ4n) is 11.9.